The number of nitrogens with two attached hydrogens (primary N) is 1. The molecule has 0 spiro atoms. The molecular weight excluding hydrogens is 284 g/mol. The van der Waals surface area contributed by atoms with Crippen molar-refractivity contribution >= 4 is 11.8 Å². The molecule has 2 rings (SSSR count). The predicted molar refractivity (Wildman–Crippen MR) is 80.1 cm³/mol. The van der Waals surface area contributed by atoms with Gasteiger partial charge in [-0.25, -0.2) is 9.97 Å². The van der Waals surface area contributed by atoms with Crippen LogP contribution in [-0.4, -0.2) is 52.5 Å². The molecule has 1 fully saturated rings. The Morgan fingerprint density at radius 1 is 1.41 bits per heavy atom. The average Bonchev–Trinajstić information content (AvgIpc) is 2.89. The summed E-state index contributed by atoms with van der Waals surface area (Å²) in [4.78, 5) is 34.1. The Hall–Kier alpha value is -2.02. The molecule has 2 amide bonds. The van der Waals surface area contributed by atoms with Crippen molar-refractivity contribution in [1.82, 2.24) is 14.9 Å². The standard InChI is InChI=1S/C15H22N4O3/c1-3-11-8-17-13(18-9-11)14(21)19-6-4-5-15(19,10-22-2)7-12(16)20/h8-9H,3-7,10H2,1-2H3,(H2,16,20). The first kappa shape index (κ1) is 16.4. The molecule has 1 aliphatic heterocycles. The molecule has 1 aromatic rings. The highest BCUT2D eigenvalue weighted by Crippen LogP contribution is 2.33. The minimum atomic E-state index is -0.690. The number of likely N-dealkylation sites (tertiary alicyclic amines) is 1. The minimum absolute atomic E-state index is 0.0830. The molecule has 1 aliphatic rings. The number of hydrogen-bond donors (Lipinski definition) is 1. The maximum atomic E-state index is 12.7. The highest BCUT2D eigenvalue weighted by atomic mass is 16.5. The Balaban J connectivity index is 2.26. The van der Waals surface area contributed by atoms with E-state index in [-0.39, 0.29) is 24.8 Å². The van der Waals surface area contributed by atoms with Gasteiger partial charge in [-0.1, -0.05) is 6.92 Å². The van der Waals surface area contributed by atoms with Crippen LogP contribution in [0.25, 0.3) is 0 Å². The van der Waals surface area contributed by atoms with Crippen molar-refractivity contribution in [3.8, 4) is 0 Å². The van der Waals surface area contributed by atoms with Crippen molar-refractivity contribution in [3.63, 3.8) is 0 Å². The van der Waals surface area contributed by atoms with Gasteiger partial charge in [0, 0.05) is 26.0 Å². The Bertz CT molecular complexity index is 546. The zero-order chi connectivity index (χ0) is 16.2. The molecule has 7 heteroatoms. The van der Waals surface area contributed by atoms with Gasteiger partial charge >= 0.3 is 0 Å². The number of nitrogens with zero attached hydrogens (tertiary/aromatic N) is 3. The fourth-order valence-corrected chi connectivity index (χ4v) is 3.00. The second-order valence-electron chi connectivity index (χ2n) is 5.63. The van der Waals surface area contributed by atoms with Crippen molar-refractivity contribution in [2.75, 3.05) is 20.3 Å². The second-order valence-corrected chi connectivity index (χ2v) is 5.63. The van der Waals surface area contributed by atoms with E-state index in [0.29, 0.717) is 13.0 Å². The molecule has 0 bridgehead atoms. The minimum Gasteiger partial charge on any atom is -0.382 e. The van der Waals surface area contributed by atoms with Gasteiger partial charge in [0.05, 0.1) is 18.6 Å². The van der Waals surface area contributed by atoms with Crippen LogP contribution in [0, 0.1) is 0 Å². The normalized spacial score (nSPS) is 21.1. The highest BCUT2D eigenvalue weighted by Gasteiger charge is 2.45. The summed E-state index contributed by atoms with van der Waals surface area (Å²) in [5.74, 6) is -0.582. The van der Waals surface area contributed by atoms with Crippen LogP contribution in [0.15, 0.2) is 12.4 Å². The van der Waals surface area contributed by atoms with E-state index in [2.05, 4.69) is 9.97 Å². The molecule has 0 radical (unpaired) electrons. The third-order valence-corrected chi connectivity index (χ3v) is 4.06. The third kappa shape index (κ3) is 3.24. The molecule has 2 N–H and O–H groups in total. The maximum Gasteiger partial charge on any atom is 0.292 e. The maximum absolute atomic E-state index is 12.7. The Morgan fingerprint density at radius 2 is 2.09 bits per heavy atom. The summed E-state index contributed by atoms with van der Waals surface area (Å²) in [5.41, 5.74) is 5.64. The lowest BCUT2D eigenvalue weighted by Crippen LogP contribution is -2.52. The fraction of sp³-hybridized carbons (Fsp3) is 0.600. The Morgan fingerprint density at radius 3 is 2.64 bits per heavy atom. The van der Waals surface area contributed by atoms with Crippen molar-refractivity contribution in [3.05, 3.63) is 23.8 Å². The number of aryl methyl sites for hydroxylation is 1. The summed E-state index contributed by atoms with van der Waals surface area (Å²) in [7, 11) is 1.55. The van der Waals surface area contributed by atoms with E-state index in [1.165, 1.54) is 0 Å². The molecule has 0 aliphatic carbocycles. The van der Waals surface area contributed by atoms with Gasteiger partial charge < -0.3 is 15.4 Å². The van der Waals surface area contributed by atoms with E-state index in [0.717, 1.165) is 18.4 Å². The number of methoxy groups -OCH3 is 1. The molecule has 1 saturated heterocycles. The van der Waals surface area contributed by atoms with Gasteiger partial charge in [-0.15, -0.1) is 0 Å². The Labute approximate surface area is 129 Å². The van der Waals surface area contributed by atoms with E-state index in [1.54, 1.807) is 24.4 Å². The zero-order valence-electron chi connectivity index (χ0n) is 13.0. The number of rotatable bonds is 6. The summed E-state index contributed by atoms with van der Waals surface area (Å²) in [5, 5.41) is 0. The predicted octanol–water partition coefficient (Wildman–Crippen LogP) is 0.536. The number of carbonyl (C=O) groups is 2. The van der Waals surface area contributed by atoms with E-state index >= 15 is 0 Å². The third-order valence-electron chi connectivity index (χ3n) is 4.06. The first-order chi connectivity index (χ1) is 10.5. The molecule has 1 aromatic heterocycles. The Kier molecular flexibility index (Phi) is 5.07. The van der Waals surface area contributed by atoms with Gasteiger partial charge in [0.15, 0.2) is 0 Å². The summed E-state index contributed by atoms with van der Waals surface area (Å²) in [6.07, 6.45) is 5.69. The number of primary amides is 1. The number of carbonyl (C=O) groups excluding carboxylic acids is 2. The van der Waals surface area contributed by atoms with E-state index < -0.39 is 11.4 Å². The summed E-state index contributed by atoms with van der Waals surface area (Å²) >= 11 is 0. The number of aromatic nitrogens is 2. The monoisotopic (exact) mass is 306 g/mol. The molecule has 22 heavy (non-hydrogen) atoms. The van der Waals surface area contributed by atoms with Crippen molar-refractivity contribution in [2.24, 2.45) is 5.73 Å². The molecule has 2 heterocycles. The van der Waals surface area contributed by atoms with Gasteiger partial charge in [0.1, 0.15) is 0 Å². The smallest absolute Gasteiger partial charge is 0.292 e. The molecule has 120 valence electrons. The van der Waals surface area contributed by atoms with Crippen molar-refractivity contribution in [2.45, 2.75) is 38.1 Å². The highest BCUT2D eigenvalue weighted by molar-refractivity contribution is 5.92. The molecule has 1 atom stereocenters. The topological polar surface area (TPSA) is 98.4 Å². The van der Waals surface area contributed by atoms with Gasteiger partial charge in [-0.2, -0.15) is 0 Å². The molecule has 0 aromatic carbocycles. The van der Waals surface area contributed by atoms with Crippen LogP contribution in [0.5, 0.6) is 0 Å². The summed E-state index contributed by atoms with van der Waals surface area (Å²) in [6, 6.07) is 0. The lowest BCUT2D eigenvalue weighted by atomic mass is 9.92. The van der Waals surface area contributed by atoms with Crippen LogP contribution in [0.2, 0.25) is 0 Å². The summed E-state index contributed by atoms with van der Waals surface area (Å²) < 4.78 is 5.24. The molecule has 0 saturated carbocycles. The number of hydrogen-bond acceptors (Lipinski definition) is 5. The quantitative estimate of drug-likeness (QED) is 0.827. The zero-order valence-corrected chi connectivity index (χ0v) is 13.0. The summed E-state index contributed by atoms with van der Waals surface area (Å²) in [6.45, 7) is 2.82. The van der Waals surface area contributed by atoms with Gasteiger partial charge in [-0.05, 0) is 24.8 Å². The van der Waals surface area contributed by atoms with E-state index in [1.807, 2.05) is 6.92 Å². The van der Waals surface area contributed by atoms with Crippen LogP contribution in [0.4, 0.5) is 0 Å². The van der Waals surface area contributed by atoms with Crippen LogP contribution >= 0.6 is 0 Å². The number of ether oxygens (including phenoxy) is 1. The second kappa shape index (κ2) is 6.83. The van der Waals surface area contributed by atoms with Gasteiger partial charge in [-0.3, -0.25) is 9.59 Å². The first-order valence-electron chi connectivity index (χ1n) is 7.42. The van der Waals surface area contributed by atoms with Crippen LogP contribution in [0.3, 0.4) is 0 Å². The number of amides is 2. The van der Waals surface area contributed by atoms with E-state index in [4.69, 9.17) is 10.5 Å². The van der Waals surface area contributed by atoms with E-state index in [9.17, 15) is 9.59 Å². The molecular formula is C15H22N4O3. The fourth-order valence-electron chi connectivity index (χ4n) is 3.00. The van der Waals surface area contributed by atoms with Crippen molar-refractivity contribution in [1.29, 1.82) is 0 Å². The van der Waals surface area contributed by atoms with Gasteiger partial charge in [0.25, 0.3) is 5.91 Å². The SMILES string of the molecule is CCc1cnc(C(=O)N2CCCC2(COC)CC(N)=O)nc1. The average molecular weight is 306 g/mol. The van der Waals surface area contributed by atoms with Crippen LogP contribution in [-0.2, 0) is 16.0 Å². The molecule has 1 unspecified atom stereocenters. The van der Waals surface area contributed by atoms with Crippen LogP contribution in [0.1, 0.15) is 42.4 Å². The molecule has 7 nitrogen and oxygen atoms in total. The lowest BCUT2D eigenvalue weighted by Gasteiger charge is -2.36. The van der Waals surface area contributed by atoms with Crippen molar-refractivity contribution < 1.29 is 14.3 Å². The lowest BCUT2D eigenvalue weighted by molar-refractivity contribution is -0.121. The van der Waals surface area contributed by atoms with Crippen LogP contribution < -0.4 is 5.73 Å². The first-order valence-corrected chi connectivity index (χ1v) is 7.42. The van der Waals surface area contributed by atoms with Gasteiger partial charge in [0.2, 0.25) is 11.7 Å². The largest absolute Gasteiger partial charge is 0.382 e.